The van der Waals surface area contributed by atoms with E-state index in [1.165, 1.54) is 47.2 Å². The number of rotatable bonds is 9. The summed E-state index contributed by atoms with van der Waals surface area (Å²) in [4.78, 5) is 18.8. The zero-order chi connectivity index (χ0) is 30.8. The second-order valence-corrected chi connectivity index (χ2v) is 14.1. The lowest BCUT2D eigenvalue weighted by atomic mass is 10.0. The van der Waals surface area contributed by atoms with Gasteiger partial charge in [0.15, 0.2) is 5.03 Å². The van der Waals surface area contributed by atoms with Crippen molar-refractivity contribution in [3.63, 3.8) is 0 Å². The molecule has 4 rings (SSSR count). The number of fused-ring (bicyclic) bond motifs is 1. The quantitative estimate of drug-likeness (QED) is 0.367. The summed E-state index contributed by atoms with van der Waals surface area (Å²) in [5.41, 5.74) is 0.513. The Balaban J connectivity index is 1.68. The van der Waals surface area contributed by atoms with Crippen LogP contribution in [0.4, 0.5) is 10.1 Å². The highest BCUT2D eigenvalue weighted by Gasteiger charge is 2.34. The van der Waals surface area contributed by atoms with Crippen molar-refractivity contribution in [2.24, 2.45) is 13.0 Å². The van der Waals surface area contributed by atoms with Crippen molar-refractivity contribution in [2.75, 3.05) is 31.5 Å². The number of hydrogen-bond donors (Lipinski definition) is 2. The largest absolute Gasteiger partial charge is 0.488 e. The summed E-state index contributed by atoms with van der Waals surface area (Å²) in [7, 11) is -4.94. The smallest absolute Gasteiger partial charge is 0.261 e. The van der Waals surface area contributed by atoms with Gasteiger partial charge in [-0.25, -0.2) is 26.2 Å². The highest BCUT2D eigenvalue weighted by molar-refractivity contribution is 7.92. The predicted octanol–water partition coefficient (Wildman–Crippen LogP) is 1.83. The lowest BCUT2D eigenvalue weighted by Gasteiger charge is -2.33. The first kappa shape index (κ1) is 31.4. The molecular formula is C27H34FN5O7S2. The van der Waals surface area contributed by atoms with Crippen LogP contribution in [0.5, 0.6) is 5.75 Å². The average Bonchev–Trinajstić information content (AvgIpc) is 3.39. The third kappa shape index (κ3) is 6.91. The summed E-state index contributed by atoms with van der Waals surface area (Å²) >= 11 is 0. The zero-order valence-electron chi connectivity index (χ0n) is 23.6. The molecule has 1 aromatic heterocycles. The highest BCUT2D eigenvalue weighted by atomic mass is 32.2. The van der Waals surface area contributed by atoms with Crippen molar-refractivity contribution < 1.29 is 35.9 Å². The molecule has 2 heterocycles. The van der Waals surface area contributed by atoms with E-state index in [2.05, 4.69) is 9.71 Å². The summed E-state index contributed by atoms with van der Waals surface area (Å²) in [5, 5.41) is 9.72. The molecule has 1 amide bonds. The van der Waals surface area contributed by atoms with Gasteiger partial charge in [-0.15, -0.1) is 0 Å². The molecule has 228 valence electrons. The van der Waals surface area contributed by atoms with Gasteiger partial charge in [-0.05, 0) is 49.4 Å². The number of carbonyl (C=O) groups excluding carboxylic acids is 1. The second-order valence-electron chi connectivity index (χ2n) is 10.4. The summed E-state index contributed by atoms with van der Waals surface area (Å²) < 4.78 is 76.9. The topological polar surface area (TPSA) is 151 Å². The number of halogens is 1. The van der Waals surface area contributed by atoms with Crippen molar-refractivity contribution in [3.05, 3.63) is 66.4 Å². The molecule has 12 nitrogen and oxygen atoms in total. The fraction of sp³-hybridized carbons (Fsp3) is 0.407. The number of anilines is 1. The minimum Gasteiger partial charge on any atom is -0.488 e. The molecule has 0 radical (unpaired) electrons. The standard InChI is InChI=1S/C27H34FN5O7S2/c1-18-13-33(19(2)16-34)27(35)12-20-11-22(30-41(36,37)23-8-5-21(28)6-9-23)7-10-24(20)40-25(18)14-32(4)42(38,39)26-15-31(3)17-29-26/h5-11,15,17-19,25,30,34H,12-14,16H2,1-4H3/t18-,19-,25-/m1/s1. The van der Waals surface area contributed by atoms with E-state index >= 15 is 0 Å². The van der Waals surface area contributed by atoms with Gasteiger partial charge in [-0.1, -0.05) is 6.92 Å². The molecule has 3 atom stereocenters. The zero-order valence-corrected chi connectivity index (χ0v) is 25.3. The van der Waals surface area contributed by atoms with Crippen molar-refractivity contribution in [1.82, 2.24) is 18.8 Å². The molecule has 2 aromatic carbocycles. The maximum Gasteiger partial charge on any atom is 0.261 e. The molecule has 0 saturated carbocycles. The summed E-state index contributed by atoms with van der Waals surface area (Å²) in [6, 6.07) is 8.27. The van der Waals surface area contributed by atoms with Crippen molar-refractivity contribution in [1.29, 1.82) is 0 Å². The summed E-state index contributed by atoms with van der Waals surface area (Å²) in [6.45, 7) is 3.34. The molecule has 1 aliphatic rings. The third-order valence-electron chi connectivity index (χ3n) is 7.09. The maximum atomic E-state index is 13.4. The summed E-state index contributed by atoms with van der Waals surface area (Å²) in [6.07, 6.45) is 1.89. The number of aliphatic hydroxyl groups excluding tert-OH is 1. The molecule has 1 aliphatic heterocycles. The van der Waals surface area contributed by atoms with Crippen molar-refractivity contribution in [3.8, 4) is 5.75 Å². The van der Waals surface area contributed by atoms with Crippen LogP contribution in [0.1, 0.15) is 19.4 Å². The Labute approximate surface area is 244 Å². The number of benzene rings is 2. The molecule has 0 fully saturated rings. The van der Waals surface area contributed by atoms with Gasteiger partial charge in [0.05, 0.1) is 36.8 Å². The monoisotopic (exact) mass is 623 g/mol. The second kappa shape index (κ2) is 12.4. The molecular weight excluding hydrogens is 589 g/mol. The minimum atomic E-state index is -4.07. The molecule has 0 saturated heterocycles. The molecule has 42 heavy (non-hydrogen) atoms. The van der Waals surface area contributed by atoms with Gasteiger partial charge in [0.1, 0.15) is 17.7 Å². The van der Waals surface area contributed by atoms with Crippen LogP contribution >= 0.6 is 0 Å². The van der Waals surface area contributed by atoms with Crippen LogP contribution in [-0.4, -0.2) is 85.5 Å². The Morgan fingerprint density at radius 1 is 1.19 bits per heavy atom. The number of likely N-dealkylation sites (N-methyl/N-ethyl adjacent to an activating group) is 1. The van der Waals surface area contributed by atoms with Crippen LogP contribution in [0.25, 0.3) is 0 Å². The van der Waals surface area contributed by atoms with Gasteiger partial charge in [-0.2, -0.15) is 4.31 Å². The molecule has 3 aromatic rings. The van der Waals surface area contributed by atoms with E-state index in [4.69, 9.17) is 4.74 Å². The molecule has 0 aliphatic carbocycles. The first-order valence-corrected chi connectivity index (χ1v) is 16.1. The van der Waals surface area contributed by atoms with Gasteiger partial charge in [0.2, 0.25) is 5.91 Å². The highest BCUT2D eigenvalue weighted by Crippen LogP contribution is 2.30. The number of hydrogen-bond acceptors (Lipinski definition) is 8. The Bertz CT molecular complexity index is 1650. The average molecular weight is 624 g/mol. The maximum absolute atomic E-state index is 13.4. The normalized spacial score (nSPS) is 18.9. The van der Waals surface area contributed by atoms with E-state index in [-0.39, 0.29) is 59.3 Å². The van der Waals surface area contributed by atoms with E-state index in [0.717, 1.165) is 28.6 Å². The van der Waals surface area contributed by atoms with Gasteiger partial charge >= 0.3 is 0 Å². The Morgan fingerprint density at radius 2 is 1.88 bits per heavy atom. The minimum absolute atomic E-state index is 0.0754. The SMILES string of the molecule is C[C@@H]1CN([C@H](C)CO)C(=O)Cc2cc(NS(=O)(=O)c3ccc(F)cc3)ccc2O[C@@H]1CN(C)S(=O)(=O)c1cn(C)cn1. The summed E-state index contributed by atoms with van der Waals surface area (Å²) in [5.74, 6) is -0.980. The van der Waals surface area contributed by atoms with Gasteiger partial charge in [0, 0.05) is 44.0 Å². The molecule has 15 heteroatoms. The van der Waals surface area contributed by atoms with Crippen LogP contribution in [0.2, 0.25) is 0 Å². The molecule has 0 spiro atoms. The number of amides is 1. The molecule has 0 bridgehead atoms. The number of aromatic nitrogens is 2. The Kier molecular flexibility index (Phi) is 9.25. The van der Waals surface area contributed by atoms with Crippen LogP contribution < -0.4 is 9.46 Å². The number of ether oxygens (including phenoxy) is 1. The fourth-order valence-electron chi connectivity index (χ4n) is 4.57. The first-order valence-electron chi connectivity index (χ1n) is 13.1. The van der Waals surface area contributed by atoms with E-state index in [1.807, 2.05) is 6.92 Å². The van der Waals surface area contributed by atoms with Crippen molar-refractivity contribution >= 4 is 31.6 Å². The Morgan fingerprint density at radius 3 is 2.50 bits per heavy atom. The lowest BCUT2D eigenvalue weighted by molar-refractivity contribution is -0.134. The van der Waals surface area contributed by atoms with Crippen molar-refractivity contribution in [2.45, 2.75) is 42.3 Å². The van der Waals surface area contributed by atoms with E-state index < -0.39 is 38.0 Å². The number of sulfonamides is 2. The first-order chi connectivity index (χ1) is 19.7. The number of aryl methyl sites for hydroxylation is 1. The number of carbonyl (C=O) groups is 1. The van der Waals surface area contributed by atoms with E-state index in [0.29, 0.717) is 5.56 Å². The van der Waals surface area contributed by atoms with Crippen LogP contribution in [-0.2, 0) is 38.3 Å². The number of imidazole rings is 1. The number of nitrogens with one attached hydrogen (secondary N) is 1. The van der Waals surface area contributed by atoms with Crippen LogP contribution in [0.3, 0.4) is 0 Å². The van der Waals surface area contributed by atoms with Gasteiger partial charge in [-0.3, -0.25) is 9.52 Å². The van der Waals surface area contributed by atoms with Gasteiger partial charge in [0.25, 0.3) is 20.0 Å². The predicted molar refractivity (Wildman–Crippen MR) is 152 cm³/mol. The van der Waals surface area contributed by atoms with E-state index in [9.17, 15) is 31.1 Å². The number of nitrogens with zero attached hydrogens (tertiary/aromatic N) is 4. The van der Waals surface area contributed by atoms with Crippen LogP contribution in [0, 0.1) is 11.7 Å². The lowest BCUT2D eigenvalue weighted by Crippen LogP contribution is -2.48. The van der Waals surface area contributed by atoms with E-state index in [1.54, 1.807) is 14.0 Å². The molecule has 0 unspecified atom stereocenters. The third-order valence-corrected chi connectivity index (χ3v) is 10.2. The number of aliphatic hydroxyl groups is 1. The molecule has 2 N–H and O–H groups in total. The Hall–Kier alpha value is -3.53. The van der Waals surface area contributed by atoms with Crippen LogP contribution in [0.15, 0.2) is 64.9 Å². The van der Waals surface area contributed by atoms with Gasteiger partial charge < -0.3 is 19.3 Å². The fourth-order valence-corrected chi connectivity index (χ4v) is 6.76.